The van der Waals surface area contributed by atoms with Crippen molar-refractivity contribution in [3.63, 3.8) is 0 Å². The first-order valence-electron chi connectivity index (χ1n) is 5.26. The van der Waals surface area contributed by atoms with Gasteiger partial charge in [-0.3, -0.25) is 0 Å². The highest BCUT2D eigenvalue weighted by Gasteiger charge is 2.23. The van der Waals surface area contributed by atoms with Gasteiger partial charge in [0.1, 0.15) is 6.61 Å². The molecule has 0 aliphatic carbocycles. The van der Waals surface area contributed by atoms with E-state index in [9.17, 15) is 13.6 Å². The molecule has 17 heavy (non-hydrogen) atoms. The van der Waals surface area contributed by atoms with Crippen LogP contribution in [0.15, 0.2) is 30.3 Å². The summed E-state index contributed by atoms with van der Waals surface area (Å²) in [5.74, 6) is -0.653. The van der Waals surface area contributed by atoms with E-state index in [1.54, 1.807) is 37.3 Å². The third-order valence-corrected chi connectivity index (χ3v) is 1.99. The molecule has 1 unspecified atom stereocenters. The number of esters is 1. The molecule has 0 saturated heterocycles. The Morgan fingerprint density at radius 2 is 1.94 bits per heavy atom. The topological polar surface area (TPSA) is 35.5 Å². The summed E-state index contributed by atoms with van der Waals surface area (Å²) in [5, 5.41) is 0. The van der Waals surface area contributed by atoms with E-state index in [0.717, 1.165) is 0 Å². The molecule has 0 saturated carbocycles. The third-order valence-electron chi connectivity index (χ3n) is 1.99. The van der Waals surface area contributed by atoms with Gasteiger partial charge < -0.3 is 9.47 Å². The number of hydrogen-bond donors (Lipinski definition) is 0. The molecule has 0 aliphatic heterocycles. The second-order valence-corrected chi connectivity index (χ2v) is 3.27. The van der Waals surface area contributed by atoms with E-state index in [1.165, 1.54) is 0 Å². The van der Waals surface area contributed by atoms with Gasteiger partial charge >= 0.3 is 5.97 Å². The molecule has 0 amide bonds. The lowest BCUT2D eigenvalue weighted by Gasteiger charge is -2.16. The van der Waals surface area contributed by atoms with E-state index < -0.39 is 25.1 Å². The highest BCUT2D eigenvalue weighted by molar-refractivity contribution is 5.76. The molecule has 0 spiro atoms. The van der Waals surface area contributed by atoms with Crippen molar-refractivity contribution in [2.24, 2.45) is 0 Å². The largest absolute Gasteiger partial charge is 0.464 e. The molecule has 1 atom stereocenters. The van der Waals surface area contributed by atoms with E-state index >= 15 is 0 Å². The summed E-state index contributed by atoms with van der Waals surface area (Å²) in [4.78, 5) is 11.6. The summed E-state index contributed by atoms with van der Waals surface area (Å²) < 4.78 is 33.8. The lowest BCUT2D eigenvalue weighted by molar-refractivity contribution is -0.159. The van der Waals surface area contributed by atoms with Crippen molar-refractivity contribution < 1.29 is 23.0 Å². The molecule has 1 aromatic rings. The van der Waals surface area contributed by atoms with E-state index in [-0.39, 0.29) is 6.61 Å². The van der Waals surface area contributed by atoms with Crippen molar-refractivity contribution in [1.29, 1.82) is 0 Å². The smallest absolute Gasteiger partial charge is 0.339 e. The predicted molar refractivity (Wildman–Crippen MR) is 57.8 cm³/mol. The molecule has 1 rings (SSSR count). The quantitative estimate of drug-likeness (QED) is 0.721. The van der Waals surface area contributed by atoms with Gasteiger partial charge in [-0.25, -0.2) is 13.6 Å². The molecule has 0 bridgehead atoms. The summed E-state index contributed by atoms with van der Waals surface area (Å²) in [6.07, 6.45) is -3.71. The fraction of sp³-hybridized carbons (Fsp3) is 0.417. The fourth-order valence-electron chi connectivity index (χ4n) is 1.32. The molecule has 0 N–H and O–H groups in total. The minimum atomic E-state index is -2.62. The zero-order valence-electron chi connectivity index (χ0n) is 9.44. The Morgan fingerprint density at radius 3 is 2.47 bits per heavy atom. The number of rotatable bonds is 6. The summed E-state index contributed by atoms with van der Waals surface area (Å²) >= 11 is 0. The monoisotopic (exact) mass is 244 g/mol. The normalized spacial score (nSPS) is 12.5. The number of carbonyl (C=O) groups is 1. The van der Waals surface area contributed by atoms with Crippen molar-refractivity contribution in [3.8, 4) is 0 Å². The van der Waals surface area contributed by atoms with Crippen molar-refractivity contribution in [2.75, 3.05) is 13.2 Å². The van der Waals surface area contributed by atoms with Gasteiger partial charge in [0.15, 0.2) is 6.10 Å². The van der Waals surface area contributed by atoms with Crippen LogP contribution in [0.2, 0.25) is 0 Å². The molecule has 0 radical (unpaired) electrons. The maximum atomic E-state index is 12.1. The summed E-state index contributed by atoms with van der Waals surface area (Å²) in [5.41, 5.74) is 0.506. The average molecular weight is 244 g/mol. The minimum Gasteiger partial charge on any atom is -0.464 e. The van der Waals surface area contributed by atoms with Gasteiger partial charge in [0.2, 0.25) is 0 Å². The van der Waals surface area contributed by atoms with Crippen LogP contribution in [0.4, 0.5) is 8.78 Å². The predicted octanol–water partition coefficient (Wildman–Crippen LogP) is 2.57. The van der Waals surface area contributed by atoms with Crippen molar-refractivity contribution in [1.82, 2.24) is 0 Å². The van der Waals surface area contributed by atoms with Crippen LogP contribution in [0.5, 0.6) is 0 Å². The number of alkyl halides is 2. The van der Waals surface area contributed by atoms with Crippen molar-refractivity contribution >= 4 is 5.97 Å². The van der Waals surface area contributed by atoms with Gasteiger partial charge in [-0.15, -0.1) is 0 Å². The van der Waals surface area contributed by atoms with Crippen LogP contribution in [-0.2, 0) is 14.3 Å². The van der Waals surface area contributed by atoms with Crippen molar-refractivity contribution in [3.05, 3.63) is 35.9 Å². The van der Waals surface area contributed by atoms with E-state index in [1.807, 2.05) is 0 Å². The van der Waals surface area contributed by atoms with Gasteiger partial charge in [-0.2, -0.15) is 0 Å². The number of benzene rings is 1. The average Bonchev–Trinajstić information content (AvgIpc) is 2.30. The molecular formula is C12H14F2O3. The number of ether oxygens (including phenoxy) is 2. The van der Waals surface area contributed by atoms with Crippen LogP contribution in [-0.4, -0.2) is 25.6 Å². The molecule has 3 nitrogen and oxygen atoms in total. The highest BCUT2D eigenvalue weighted by Crippen LogP contribution is 2.19. The number of carbonyl (C=O) groups excluding carboxylic acids is 1. The number of hydrogen-bond acceptors (Lipinski definition) is 3. The third kappa shape index (κ3) is 4.48. The standard InChI is InChI=1S/C12H14F2O3/c1-2-16-12(15)11(17-8-10(13)14)9-6-4-3-5-7-9/h3-7,10-11H,2,8H2,1H3. The fourth-order valence-corrected chi connectivity index (χ4v) is 1.32. The lowest BCUT2D eigenvalue weighted by Crippen LogP contribution is -2.21. The zero-order valence-corrected chi connectivity index (χ0v) is 9.44. The molecule has 5 heteroatoms. The lowest BCUT2D eigenvalue weighted by atomic mass is 10.1. The Hall–Kier alpha value is -1.49. The molecule has 0 aromatic heterocycles. The second-order valence-electron chi connectivity index (χ2n) is 3.27. The molecule has 0 fully saturated rings. The zero-order chi connectivity index (χ0) is 12.7. The van der Waals surface area contributed by atoms with Crippen molar-refractivity contribution in [2.45, 2.75) is 19.5 Å². The van der Waals surface area contributed by atoms with Crippen LogP contribution < -0.4 is 0 Å². The van der Waals surface area contributed by atoms with Gasteiger partial charge in [0, 0.05) is 0 Å². The van der Waals surface area contributed by atoms with Gasteiger partial charge in [-0.1, -0.05) is 30.3 Å². The molecule has 0 heterocycles. The SMILES string of the molecule is CCOC(=O)C(OCC(F)F)c1ccccc1. The Labute approximate surface area is 98.3 Å². The Balaban J connectivity index is 2.75. The van der Waals surface area contributed by atoms with Gasteiger partial charge in [-0.05, 0) is 12.5 Å². The van der Waals surface area contributed by atoms with Crippen LogP contribution in [0.3, 0.4) is 0 Å². The second kappa shape index (κ2) is 6.96. The van der Waals surface area contributed by atoms with Crippen LogP contribution in [0.1, 0.15) is 18.6 Å². The van der Waals surface area contributed by atoms with E-state index in [2.05, 4.69) is 0 Å². The van der Waals surface area contributed by atoms with Crippen LogP contribution >= 0.6 is 0 Å². The first-order chi connectivity index (χ1) is 8.15. The Morgan fingerprint density at radius 1 is 1.29 bits per heavy atom. The van der Waals surface area contributed by atoms with Gasteiger partial charge in [0.05, 0.1) is 6.61 Å². The Kier molecular flexibility index (Phi) is 5.56. The minimum absolute atomic E-state index is 0.181. The number of halogens is 2. The molecular weight excluding hydrogens is 230 g/mol. The maximum Gasteiger partial charge on any atom is 0.339 e. The van der Waals surface area contributed by atoms with E-state index in [4.69, 9.17) is 9.47 Å². The highest BCUT2D eigenvalue weighted by atomic mass is 19.3. The summed E-state index contributed by atoms with van der Waals surface area (Å²) in [7, 11) is 0. The summed E-state index contributed by atoms with van der Waals surface area (Å²) in [6, 6.07) is 8.43. The van der Waals surface area contributed by atoms with Crippen LogP contribution in [0, 0.1) is 0 Å². The maximum absolute atomic E-state index is 12.1. The first-order valence-corrected chi connectivity index (χ1v) is 5.26. The summed E-state index contributed by atoms with van der Waals surface area (Å²) in [6.45, 7) is 1.03. The Bertz CT molecular complexity index is 341. The van der Waals surface area contributed by atoms with Gasteiger partial charge in [0.25, 0.3) is 6.43 Å². The molecule has 1 aromatic carbocycles. The van der Waals surface area contributed by atoms with Crippen LogP contribution in [0.25, 0.3) is 0 Å². The molecule has 94 valence electrons. The first kappa shape index (κ1) is 13.6. The van der Waals surface area contributed by atoms with E-state index in [0.29, 0.717) is 5.56 Å². The molecule has 0 aliphatic rings.